The van der Waals surface area contributed by atoms with Crippen LogP contribution in [-0.2, 0) is 36.8 Å². The summed E-state index contributed by atoms with van der Waals surface area (Å²) >= 11 is 0. The van der Waals surface area contributed by atoms with E-state index in [0.29, 0.717) is 11.3 Å². The van der Waals surface area contributed by atoms with Crippen LogP contribution in [0, 0.1) is 0 Å². The molecule has 0 saturated heterocycles. The third-order valence-electron chi connectivity index (χ3n) is 6.63. The molecule has 4 atom stereocenters. The molecule has 0 aliphatic rings. The smallest absolute Gasteiger partial charge is 0.326 e. The third-order valence-corrected chi connectivity index (χ3v) is 6.63. The lowest BCUT2D eigenvalue weighted by molar-refractivity contribution is -0.143. The fourth-order valence-electron chi connectivity index (χ4n) is 4.43. The van der Waals surface area contributed by atoms with E-state index < -0.39 is 60.2 Å². The standard InChI is InChI=1S/C27H36N10O7/c28-17(9-15-12-31-13-34-15)23(40)36-20(10-22(38)39)25(42)35-19(6-3-7-32-27(29)30)24(41)37-21(26(43)44)8-14-11-33-18-5-2-1-4-16(14)18/h1-2,4-5,11-13,17,19-21,33H,3,6-10,28H2,(H,31,34)(H,35,42)(H,36,40)(H,37,41)(H,38,39)(H,43,44)(H4,29,30,32). The maximum absolute atomic E-state index is 13.4. The van der Waals surface area contributed by atoms with Gasteiger partial charge in [0, 0.05) is 48.4 Å². The molecule has 13 N–H and O–H groups in total. The van der Waals surface area contributed by atoms with Crippen molar-refractivity contribution in [3.63, 3.8) is 0 Å². The number of nitrogens with zero attached hydrogens (tertiary/aromatic N) is 2. The molecule has 2 aromatic heterocycles. The largest absolute Gasteiger partial charge is 0.481 e. The highest BCUT2D eigenvalue weighted by atomic mass is 16.4. The second kappa shape index (κ2) is 15.7. The number of aliphatic carboxylic acids is 2. The lowest BCUT2D eigenvalue weighted by Crippen LogP contribution is -2.57. The molecule has 17 nitrogen and oxygen atoms in total. The number of amides is 3. The van der Waals surface area contributed by atoms with Gasteiger partial charge in [-0.15, -0.1) is 0 Å². The van der Waals surface area contributed by atoms with Crippen LogP contribution in [0.15, 0.2) is 48.0 Å². The molecule has 3 aromatic rings. The minimum atomic E-state index is -1.60. The van der Waals surface area contributed by atoms with Crippen molar-refractivity contribution in [3.8, 4) is 0 Å². The number of hydrogen-bond donors (Lipinski definition) is 10. The van der Waals surface area contributed by atoms with Gasteiger partial charge in [0.1, 0.15) is 18.1 Å². The van der Waals surface area contributed by atoms with Crippen LogP contribution in [0.1, 0.15) is 30.5 Å². The number of carbonyl (C=O) groups is 5. The zero-order chi connectivity index (χ0) is 32.2. The molecule has 0 spiro atoms. The Labute approximate surface area is 251 Å². The van der Waals surface area contributed by atoms with Gasteiger partial charge >= 0.3 is 11.9 Å². The minimum absolute atomic E-state index is 0.0378. The third kappa shape index (κ3) is 9.83. The van der Waals surface area contributed by atoms with Crippen LogP contribution in [0.5, 0.6) is 0 Å². The van der Waals surface area contributed by atoms with Gasteiger partial charge in [0.05, 0.1) is 18.8 Å². The van der Waals surface area contributed by atoms with Crippen LogP contribution in [-0.4, -0.2) is 91.5 Å². The van der Waals surface area contributed by atoms with E-state index in [9.17, 15) is 34.2 Å². The summed E-state index contributed by atoms with van der Waals surface area (Å²) in [5.74, 6) is -5.52. The van der Waals surface area contributed by atoms with E-state index in [-0.39, 0.29) is 38.2 Å². The Hall–Kier alpha value is -5.45. The molecule has 0 aliphatic carbocycles. The minimum Gasteiger partial charge on any atom is -0.481 e. The van der Waals surface area contributed by atoms with Crippen molar-refractivity contribution in [1.82, 2.24) is 30.9 Å². The quantitative estimate of drug-likeness (QED) is 0.0455. The molecule has 0 saturated carbocycles. The first-order chi connectivity index (χ1) is 20.9. The number of guanidine groups is 1. The first kappa shape index (κ1) is 33.1. The SMILES string of the molecule is NC(N)=NCCCC(NC(=O)C(CC(=O)O)NC(=O)C(N)Cc1cnc[nH]1)C(=O)NC(Cc1c[nH]c2ccccc12)C(=O)O. The summed E-state index contributed by atoms with van der Waals surface area (Å²) in [4.78, 5) is 76.4. The second-order valence-electron chi connectivity index (χ2n) is 10.0. The molecular formula is C27H36N10O7. The summed E-state index contributed by atoms with van der Waals surface area (Å²) < 4.78 is 0. The van der Waals surface area contributed by atoms with Gasteiger partial charge in [-0.05, 0) is 24.5 Å². The average Bonchev–Trinajstić information content (AvgIpc) is 3.63. The molecule has 0 fully saturated rings. The van der Waals surface area contributed by atoms with Crippen LogP contribution >= 0.6 is 0 Å². The normalized spacial score (nSPS) is 13.7. The van der Waals surface area contributed by atoms with Gasteiger partial charge in [-0.2, -0.15) is 0 Å². The number of hydrogen-bond acceptors (Lipinski definition) is 8. The lowest BCUT2D eigenvalue weighted by atomic mass is 10.0. The fraction of sp³-hybridized carbons (Fsp3) is 0.370. The van der Waals surface area contributed by atoms with Gasteiger partial charge in [0.2, 0.25) is 17.7 Å². The molecule has 2 heterocycles. The number of nitrogens with one attached hydrogen (secondary N) is 5. The van der Waals surface area contributed by atoms with Gasteiger partial charge in [0.15, 0.2) is 5.96 Å². The van der Waals surface area contributed by atoms with E-state index in [2.05, 4.69) is 35.9 Å². The Kier molecular flexibility index (Phi) is 11.8. The number of para-hydroxylation sites is 1. The zero-order valence-corrected chi connectivity index (χ0v) is 23.7. The first-order valence-corrected chi connectivity index (χ1v) is 13.6. The lowest BCUT2D eigenvalue weighted by Gasteiger charge is -2.24. The Morgan fingerprint density at radius 1 is 0.909 bits per heavy atom. The van der Waals surface area contributed by atoms with Crippen molar-refractivity contribution in [2.75, 3.05) is 6.54 Å². The molecular weight excluding hydrogens is 576 g/mol. The molecule has 0 aliphatic heterocycles. The van der Waals surface area contributed by atoms with Crippen LogP contribution in [0.3, 0.4) is 0 Å². The van der Waals surface area contributed by atoms with E-state index in [4.69, 9.17) is 17.2 Å². The van der Waals surface area contributed by atoms with Crippen LogP contribution < -0.4 is 33.2 Å². The topological polar surface area (TPSA) is 297 Å². The van der Waals surface area contributed by atoms with Crippen molar-refractivity contribution in [1.29, 1.82) is 0 Å². The number of H-pyrrole nitrogens is 2. The van der Waals surface area contributed by atoms with E-state index in [1.54, 1.807) is 12.3 Å². The van der Waals surface area contributed by atoms with Gasteiger partial charge in [0.25, 0.3) is 0 Å². The molecule has 236 valence electrons. The monoisotopic (exact) mass is 612 g/mol. The van der Waals surface area contributed by atoms with Crippen LogP contribution in [0.2, 0.25) is 0 Å². The zero-order valence-electron chi connectivity index (χ0n) is 23.7. The number of fused-ring (bicyclic) bond motifs is 1. The van der Waals surface area contributed by atoms with Gasteiger partial charge in [-0.1, -0.05) is 18.2 Å². The van der Waals surface area contributed by atoms with Crippen molar-refractivity contribution < 1.29 is 34.2 Å². The molecule has 3 rings (SSSR count). The van der Waals surface area contributed by atoms with Crippen molar-refractivity contribution in [2.24, 2.45) is 22.2 Å². The van der Waals surface area contributed by atoms with Crippen molar-refractivity contribution in [3.05, 3.63) is 54.2 Å². The molecule has 4 unspecified atom stereocenters. The fourth-order valence-corrected chi connectivity index (χ4v) is 4.43. The number of carbonyl (C=O) groups excluding carboxylic acids is 3. The highest BCUT2D eigenvalue weighted by Gasteiger charge is 2.31. The number of nitrogens with two attached hydrogens (primary N) is 3. The van der Waals surface area contributed by atoms with Crippen LogP contribution in [0.25, 0.3) is 10.9 Å². The summed E-state index contributed by atoms with van der Waals surface area (Å²) in [5, 5.41) is 27.2. The summed E-state index contributed by atoms with van der Waals surface area (Å²) in [6.07, 6.45) is 3.83. The number of carboxylic acid groups (broad SMARTS) is 2. The Morgan fingerprint density at radius 2 is 1.59 bits per heavy atom. The maximum Gasteiger partial charge on any atom is 0.326 e. The number of aliphatic imine (C=N–C) groups is 1. The molecule has 0 bridgehead atoms. The molecule has 3 amide bonds. The van der Waals surface area contributed by atoms with Gasteiger partial charge < -0.3 is 53.3 Å². The Bertz CT molecular complexity index is 1480. The van der Waals surface area contributed by atoms with Crippen LogP contribution in [0.4, 0.5) is 0 Å². The number of carboxylic acids is 2. The van der Waals surface area contributed by atoms with E-state index >= 15 is 0 Å². The summed E-state index contributed by atoms with van der Waals surface area (Å²) in [5.41, 5.74) is 18.6. The number of imidazole rings is 1. The summed E-state index contributed by atoms with van der Waals surface area (Å²) in [6, 6.07) is 1.83. The van der Waals surface area contributed by atoms with Crippen molar-refractivity contribution in [2.45, 2.75) is 56.3 Å². The summed E-state index contributed by atoms with van der Waals surface area (Å²) in [6.45, 7) is 0.0947. The first-order valence-electron chi connectivity index (χ1n) is 13.6. The van der Waals surface area contributed by atoms with E-state index in [1.165, 1.54) is 12.5 Å². The van der Waals surface area contributed by atoms with Gasteiger partial charge in [-0.3, -0.25) is 24.2 Å². The molecule has 0 radical (unpaired) electrons. The molecule has 17 heteroatoms. The average molecular weight is 613 g/mol. The van der Waals surface area contributed by atoms with E-state index in [0.717, 1.165) is 10.9 Å². The maximum atomic E-state index is 13.4. The second-order valence-corrected chi connectivity index (χ2v) is 10.0. The predicted octanol–water partition coefficient (Wildman–Crippen LogP) is -1.93. The van der Waals surface area contributed by atoms with E-state index in [1.807, 2.05) is 18.2 Å². The van der Waals surface area contributed by atoms with Crippen molar-refractivity contribution >= 4 is 46.5 Å². The molecule has 44 heavy (non-hydrogen) atoms. The molecule has 1 aromatic carbocycles. The highest BCUT2D eigenvalue weighted by Crippen LogP contribution is 2.19. The number of benzene rings is 1. The highest BCUT2D eigenvalue weighted by molar-refractivity contribution is 5.96. The number of aromatic amines is 2. The Morgan fingerprint density at radius 3 is 2.25 bits per heavy atom. The number of rotatable bonds is 17. The van der Waals surface area contributed by atoms with Gasteiger partial charge in [-0.25, -0.2) is 9.78 Å². The number of aromatic nitrogens is 3. The Balaban J connectivity index is 1.75. The predicted molar refractivity (Wildman–Crippen MR) is 158 cm³/mol. The summed E-state index contributed by atoms with van der Waals surface area (Å²) in [7, 11) is 0.